The Balaban J connectivity index is 1.81. The van der Waals surface area contributed by atoms with Crippen LogP contribution in [0.4, 0.5) is 0 Å². The Morgan fingerprint density at radius 1 is 1.04 bits per heavy atom. The molecular formula is C20H14N6O. The van der Waals surface area contributed by atoms with Crippen LogP contribution in [0.25, 0.3) is 34.3 Å². The summed E-state index contributed by atoms with van der Waals surface area (Å²) in [6.07, 6.45) is 5.46. The lowest BCUT2D eigenvalue weighted by atomic mass is 10.1. The van der Waals surface area contributed by atoms with E-state index in [2.05, 4.69) is 31.2 Å². The van der Waals surface area contributed by atoms with Crippen LogP contribution in [0.3, 0.4) is 0 Å². The van der Waals surface area contributed by atoms with E-state index in [9.17, 15) is 5.26 Å². The highest BCUT2D eigenvalue weighted by atomic mass is 16.4. The quantitative estimate of drug-likeness (QED) is 0.551. The average molecular weight is 354 g/mol. The summed E-state index contributed by atoms with van der Waals surface area (Å²) in [7, 11) is 0. The van der Waals surface area contributed by atoms with Crippen LogP contribution < -0.4 is 0 Å². The summed E-state index contributed by atoms with van der Waals surface area (Å²) < 4.78 is 5.84. The molecule has 1 aromatic carbocycles. The zero-order valence-corrected chi connectivity index (χ0v) is 14.5. The average Bonchev–Trinajstić information content (AvgIpc) is 3.24. The van der Waals surface area contributed by atoms with Crippen molar-refractivity contribution in [3.63, 3.8) is 0 Å². The van der Waals surface area contributed by atoms with E-state index < -0.39 is 0 Å². The molecule has 4 aromatic rings. The maximum Gasteiger partial charge on any atom is 0.268 e. The van der Waals surface area contributed by atoms with Crippen molar-refractivity contribution in [1.29, 1.82) is 5.26 Å². The molecule has 0 saturated heterocycles. The molecule has 27 heavy (non-hydrogen) atoms. The maximum atomic E-state index is 9.33. The van der Waals surface area contributed by atoms with Gasteiger partial charge in [0.2, 0.25) is 5.89 Å². The molecule has 0 aliphatic heterocycles. The van der Waals surface area contributed by atoms with Crippen LogP contribution >= 0.6 is 0 Å². The van der Waals surface area contributed by atoms with Crippen molar-refractivity contribution < 1.29 is 4.42 Å². The molecular weight excluding hydrogens is 340 g/mol. The monoisotopic (exact) mass is 354 g/mol. The Hall–Kier alpha value is -3.92. The second-order valence-corrected chi connectivity index (χ2v) is 5.72. The molecule has 0 radical (unpaired) electrons. The van der Waals surface area contributed by atoms with E-state index in [-0.39, 0.29) is 0 Å². The predicted molar refractivity (Wildman–Crippen MR) is 98.1 cm³/mol. The standard InChI is InChI=1S/C20H14N6O/c1-2-16-18(20-26-25-19(27-20)13-6-4-3-5-7-13)24-17(12-23-16)15-11-22-9-8-14(15)10-21/h3-9,11-12H,2H2,1H3. The predicted octanol–water partition coefficient (Wildman–Crippen LogP) is 3.69. The fraction of sp³-hybridized carbons (Fsp3) is 0.100. The van der Waals surface area contributed by atoms with Gasteiger partial charge in [0.05, 0.1) is 29.2 Å². The lowest BCUT2D eigenvalue weighted by Crippen LogP contribution is -1.99. The topological polar surface area (TPSA) is 101 Å². The zero-order chi connectivity index (χ0) is 18.6. The molecule has 7 heteroatoms. The molecule has 130 valence electrons. The van der Waals surface area contributed by atoms with Crippen LogP contribution in [0.1, 0.15) is 18.2 Å². The first-order valence-corrected chi connectivity index (χ1v) is 8.40. The maximum absolute atomic E-state index is 9.33. The number of aromatic nitrogens is 5. The molecule has 0 aliphatic rings. The van der Waals surface area contributed by atoms with E-state index >= 15 is 0 Å². The summed E-state index contributed by atoms with van der Waals surface area (Å²) in [5, 5.41) is 17.6. The van der Waals surface area contributed by atoms with Crippen LogP contribution in [-0.2, 0) is 6.42 Å². The van der Waals surface area contributed by atoms with Gasteiger partial charge >= 0.3 is 0 Å². The van der Waals surface area contributed by atoms with Crippen LogP contribution in [0.2, 0.25) is 0 Å². The van der Waals surface area contributed by atoms with Crippen molar-refractivity contribution in [3.8, 4) is 40.4 Å². The first-order valence-electron chi connectivity index (χ1n) is 8.40. The SMILES string of the molecule is CCc1ncc(-c2cnccc2C#N)nc1-c1nnc(-c2ccccc2)o1. The van der Waals surface area contributed by atoms with Gasteiger partial charge in [-0.15, -0.1) is 10.2 Å². The van der Waals surface area contributed by atoms with Crippen molar-refractivity contribution in [3.05, 3.63) is 66.2 Å². The van der Waals surface area contributed by atoms with E-state index in [4.69, 9.17) is 4.42 Å². The van der Waals surface area contributed by atoms with Crippen molar-refractivity contribution >= 4 is 0 Å². The van der Waals surface area contributed by atoms with Gasteiger partial charge in [0.15, 0.2) is 0 Å². The van der Waals surface area contributed by atoms with Gasteiger partial charge in [-0.2, -0.15) is 5.26 Å². The lowest BCUT2D eigenvalue weighted by Gasteiger charge is -2.07. The Kier molecular flexibility index (Phi) is 4.37. The van der Waals surface area contributed by atoms with Crippen molar-refractivity contribution in [2.24, 2.45) is 0 Å². The molecule has 0 saturated carbocycles. The van der Waals surface area contributed by atoms with Gasteiger partial charge in [0.25, 0.3) is 5.89 Å². The van der Waals surface area contributed by atoms with Crippen LogP contribution in [0.5, 0.6) is 0 Å². The highest BCUT2D eigenvalue weighted by molar-refractivity contribution is 5.68. The largest absolute Gasteiger partial charge is 0.415 e. The van der Waals surface area contributed by atoms with Gasteiger partial charge in [0.1, 0.15) is 5.69 Å². The number of aryl methyl sites for hydroxylation is 1. The molecule has 3 heterocycles. The number of nitriles is 1. The summed E-state index contributed by atoms with van der Waals surface area (Å²) in [4.78, 5) is 13.2. The third kappa shape index (κ3) is 3.16. The van der Waals surface area contributed by atoms with Gasteiger partial charge in [-0.3, -0.25) is 9.97 Å². The molecule has 4 rings (SSSR count). The number of pyridine rings is 1. The molecule has 3 aromatic heterocycles. The van der Waals surface area contributed by atoms with Crippen molar-refractivity contribution in [2.75, 3.05) is 0 Å². The molecule has 0 bridgehead atoms. The van der Waals surface area contributed by atoms with Crippen LogP contribution in [-0.4, -0.2) is 25.1 Å². The van der Waals surface area contributed by atoms with Gasteiger partial charge in [0, 0.05) is 23.5 Å². The van der Waals surface area contributed by atoms with E-state index in [0.29, 0.717) is 40.7 Å². The minimum Gasteiger partial charge on any atom is -0.415 e. The number of nitrogens with zero attached hydrogens (tertiary/aromatic N) is 6. The molecule has 0 amide bonds. The smallest absolute Gasteiger partial charge is 0.268 e. The van der Waals surface area contributed by atoms with E-state index in [0.717, 1.165) is 11.3 Å². The van der Waals surface area contributed by atoms with E-state index in [1.807, 2.05) is 37.3 Å². The highest BCUT2D eigenvalue weighted by Crippen LogP contribution is 2.27. The lowest BCUT2D eigenvalue weighted by molar-refractivity contribution is 0.580. The Bertz CT molecular complexity index is 1130. The first-order chi connectivity index (χ1) is 13.3. The number of hydrogen-bond acceptors (Lipinski definition) is 7. The molecule has 0 aliphatic carbocycles. The number of benzene rings is 1. The normalized spacial score (nSPS) is 10.5. The molecule has 0 atom stereocenters. The third-order valence-corrected chi connectivity index (χ3v) is 4.05. The van der Waals surface area contributed by atoms with E-state index in [1.54, 1.807) is 24.7 Å². The highest BCUT2D eigenvalue weighted by Gasteiger charge is 2.18. The van der Waals surface area contributed by atoms with Crippen LogP contribution in [0.15, 0.2) is 59.4 Å². The van der Waals surface area contributed by atoms with E-state index in [1.165, 1.54) is 0 Å². The molecule has 0 fully saturated rings. The summed E-state index contributed by atoms with van der Waals surface area (Å²) in [5.74, 6) is 0.710. The van der Waals surface area contributed by atoms with Gasteiger partial charge in [-0.1, -0.05) is 25.1 Å². The molecule has 0 spiro atoms. The fourth-order valence-corrected chi connectivity index (χ4v) is 2.69. The van der Waals surface area contributed by atoms with Gasteiger partial charge in [-0.25, -0.2) is 4.98 Å². The van der Waals surface area contributed by atoms with Crippen LogP contribution in [0, 0.1) is 11.3 Å². The summed E-state index contributed by atoms with van der Waals surface area (Å²) in [6.45, 7) is 1.98. The Morgan fingerprint density at radius 2 is 1.85 bits per heavy atom. The minimum atomic E-state index is 0.294. The zero-order valence-electron chi connectivity index (χ0n) is 14.5. The summed E-state index contributed by atoms with van der Waals surface area (Å²) in [5.41, 5.74) is 3.70. The van der Waals surface area contributed by atoms with Crippen molar-refractivity contribution in [1.82, 2.24) is 25.1 Å². The summed E-state index contributed by atoms with van der Waals surface area (Å²) >= 11 is 0. The fourth-order valence-electron chi connectivity index (χ4n) is 2.69. The molecule has 0 unspecified atom stereocenters. The third-order valence-electron chi connectivity index (χ3n) is 4.05. The minimum absolute atomic E-state index is 0.294. The Labute approximate surface area is 155 Å². The van der Waals surface area contributed by atoms with Crippen molar-refractivity contribution in [2.45, 2.75) is 13.3 Å². The van der Waals surface area contributed by atoms with Gasteiger partial charge < -0.3 is 4.42 Å². The second kappa shape index (κ2) is 7.14. The molecule has 7 nitrogen and oxygen atoms in total. The number of rotatable bonds is 4. The van der Waals surface area contributed by atoms with Gasteiger partial charge in [-0.05, 0) is 24.6 Å². The molecule has 0 N–H and O–H groups in total. The first kappa shape index (κ1) is 16.5. The summed E-state index contributed by atoms with van der Waals surface area (Å²) in [6, 6.07) is 13.3. The second-order valence-electron chi connectivity index (χ2n) is 5.72. The Morgan fingerprint density at radius 3 is 2.63 bits per heavy atom. The number of hydrogen-bond donors (Lipinski definition) is 0.